The molecule has 0 spiro atoms. The second kappa shape index (κ2) is 6.92. The first-order valence-corrected chi connectivity index (χ1v) is 8.91. The Bertz CT molecular complexity index is 804. The van der Waals surface area contributed by atoms with Crippen molar-refractivity contribution in [2.24, 2.45) is 0 Å². The lowest BCUT2D eigenvalue weighted by Crippen LogP contribution is -2.54. The van der Waals surface area contributed by atoms with Crippen molar-refractivity contribution in [2.75, 3.05) is 24.6 Å². The van der Waals surface area contributed by atoms with Gasteiger partial charge in [-0.05, 0) is 18.6 Å². The van der Waals surface area contributed by atoms with Gasteiger partial charge in [-0.3, -0.25) is 9.59 Å². The summed E-state index contributed by atoms with van der Waals surface area (Å²) in [7, 11) is 0. The molecule has 2 atom stereocenters. The first-order chi connectivity index (χ1) is 12.7. The van der Waals surface area contributed by atoms with Gasteiger partial charge in [0.25, 0.3) is 11.8 Å². The minimum Gasteiger partial charge on any atom is -0.364 e. The van der Waals surface area contributed by atoms with Crippen molar-refractivity contribution in [3.8, 4) is 0 Å². The smallest absolute Gasteiger partial charge is 0.276 e. The van der Waals surface area contributed by atoms with E-state index >= 15 is 0 Å². The van der Waals surface area contributed by atoms with Gasteiger partial charge in [0.2, 0.25) is 0 Å². The van der Waals surface area contributed by atoms with E-state index in [1.807, 2.05) is 37.3 Å². The van der Waals surface area contributed by atoms with Crippen LogP contribution in [0.5, 0.6) is 0 Å². The first-order valence-electron chi connectivity index (χ1n) is 8.91. The maximum absolute atomic E-state index is 12.8. The van der Waals surface area contributed by atoms with E-state index in [0.717, 1.165) is 18.5 Å². The highest BCUT2D eigenvalue weighted by Crippen LogP contribution is 2.29. The van der Waals surface area contributed by atoms with Crippen LogP contribution in [0.2, 0.25) is 0 Å². The monoisotopic (exact) mass is 355 g/mol. The van der Waals surface area contributed by atoms with Crippen LogP contribution in [-0.2, 0) is 16.0 Å². The van der Waals surface area contributed by atoms with Crippen LogP contribution in [0.25, 0.3) is 0 Å². The van der Waals surface area contributed by atoms with Gasteiger partial charge in [-0.2, -0.15) is 0 Å². The van der Waals surface area contributed by atoms with Crippen LogP contribution in [0.3, 0.4) is 0 Å². The molecule has 136 valence electrons. The average Bonchev–Trinajstić information content (AvgIpc) is 3.29. The highest BCUT2D eigenvalue weighted by molar-refractivity contribution is 5.97. The molecule has 1 aromatic heterocycles. The number of aryl methyl sites for hydroxylation is 1. The molecule has 2 aromatic rings. The number of para-hydroxylation sites is 1. The van der Waals surface area contributed by atoms with Crippen LogP contribution >= 0.6 is 0 Å². The number of nitrogens with zero attached hydrogens (tertiary/aromatic N) is 3. The normalized spacial score (nSPS) is 22.6. The van der Waals surface area contributed by atoms with Crippen molar-refractivity contribution in [2.45, 2.75) is 31.9 Å². The molecule has 2 fully saturated rings. The number of aromatic nitrogens is 1. The number of benzene rings is 1. The number of anilines is 1. The van der Waals surface area contributed by atoms with E-state index in [1.54, 1.807) is 15.9 Å². The van der Waals surface area contributed by atoms with Crippen LogP contribution in [0, 0.1) is 0 Å². The van der Waals surface area contributed by atoms with Crippen molar-refractivity contribution in [1.82, 2.24) is 10.1 Å². The lowest BCUT2D eigenvalue weighted by atomic mass is 10.1. The van der Waals surface area contributed by atoms with Crippen LogP contribution < -0.4 is 4.90 Å². The fraction of sp³-hybridized carbons (Fsp3) is 0.421. The molecule has 0 saturated carbocycles. The van der Waals surface area contributed by atoms with E-state index in [0.29, 0.717) is 24.5 Å². The second-order valence-corrected chi connectivity index (χ2v) is 6.65. The maximum atomic E-state index is 12.8. The Morgan fingerprint density at radius 2 is 2.08 bits per heavy atom. The van der Waals surface area contributed by atoms with Gasteiger partial charge >= 0.3 is 0 Å². The number of likely N-dealkylation sites (tertiary alicyclic amines) is 1. The summed E-state index contributed by atoms with van der Waals surface area (Å²) in [6, 6.07) is 11.0. The van der Waals surface area contributed by atoms with E-state index in [-0.39, 0.29) is 30.6 Å². The molecule has 0 aliphatic carbocycles. The topological polar surface area (TPSA) is 75.9 Å². The quantitative estimate of drug-likeness (QED) is 0.837. The zero-order chi connectivity index (χ0) is 18.1. The lowest BCUT2D eigenvalue weighted by molar-refractivity contribution is -0.130. The van der Waals surface area contributed by atoms with Gasteiger partial charge in [-0.25, -0.2) is 0 Å². The Balaban J connectivity index is 1.53. The predicted octanol–water partition coefficient (Wildman–Crippen LogP) is 1.88. The molecule has 2 saturated heterocycles. The largest absolute Gasteiger partial charge is 0.364 e. The number of carbonyl (C=O) groups is 2. The molecule has 4 rings (SSSR count). The van der Waals surface area contributed by atoms with E-state index in [1.165, 1.54) is 0 Å². The van der Waals surface area contributed by atoms with E-state index in [9.17, 15) is 9.59 Å². The molecule has 26 heavy (non-hydrogen) atoms. The molecule has 1 aromatic carbocycles. The molecular weight excluding hydrogens is 334 g/mol. The van der Waals surface area contributed by atoms with Crippen molar-refractivity contribution in [3.05, 3.63) is 47.9 Å². The van der Waals surface area contributed by atoms with Gasteiger partial charge in [0.1, 0.15) is 12.4 Å². The molecular formula is C19H21N3O4. The van der Waals surface area contributed by atoms with Gasteiger partial charge in [0.05, 0.1) is 12.1 Å². The van der Waals surface area contributed by atoms with E-state index in [2.05, 4.69) is 5.16 Å². The van der Waals surface area contributed by atoms with Crippen LogP contribution in [0.1, 0.15) is 29.6 Å². The predicted molar refractivity (Wildman–Crippen MR) is 93.9 cm³/mol. The maximum Gasteiger partial charge on any atom is 0.276 e. The third kappa shape index (κ3) is 2.99. The Kier molecular flexibility index (Phi) is 4.46. The molecule has 7 nitrogen and oxygen atoms in total. The molecule has 0 bridgehead atoms. The first kappa shape index (κ1) is 16.8. The summed E-state index contributed by atoms with van der Waals surface area (Å²) in [5.74, 6) is 0.442. The van der Waals surface area contributed by atoms with E-state index in [4.69, 9.17) is 9.26 Å². The molecule has 2 aliphatic rings. The Hall–Kier alpha value is -2.67. The lowest BCUT2D eigenvalue weighted by Gasteiger charge is -2.36. The number of fused-ring (bicyclic) bond motifs is 1. The standard InChI is InChI=1S/C19H21N3O4/c1-2-6-14-9-15(20-26-14)19(24)21-10-16-17(11-21)25-12-18(23)22(16)13-7-4-3-5-8-13/h3-5,7-9,16-17H,2,6,10-12H2,1H3/t16-,17-/m0/s1. The molecule has 7 heteroatoms. The summed E-state index contributed by atoms with van der Waals surface area (Å²) in [4.78, 5) is 28.7. The zero-order valence-corrected chi connectivity index (χ0v) is 14.6. The Morgan fingerprint density at radius 3 is 2.85 bits per heavy atom. The number of amides is 2. The number of hydrogen-bond donors (Lipinski definition) is 0. The zero-order valence-electron chi connectivity index (χ0n) is 14.6. The highest BCUT2D eigenvalue weighted by Gasteiger charge is 2.45. The van der Waals surface area contributed by atoms with Gasteiger partial charge < -0.3 is 19.1 Å². The minimum atomic E-state index is -0.195. The third-order valence-electron chi connectivity index (χ3n) is 4.85. The molecule has 0 N–H and O–H groups in total. The van der Waals surface area contributed by atoms with Crippen molar-refractivity contribution in [3.63, 3.8) is 0 Å². The average molecular weight is 355 g/mol. The number of rotatable bonds is 4. The van der Waals surface area contributed by atoms with Crippen molar-refractivity contribution >= 4 is 17.5 Å². The van der Waals surface area contributed by atoms with Crippen molar-refractivity contribution < 1.29 is 18.8 Å². The molecule has 2 aliphatic heterocycles. The van der Waals surface area contributed by atoms with Crippen LogP contribution in [-0.4, -0.2) is 53.7 Å². The third-order valence-corrected chi connectivity index (χ3v) is 4.85. The van der Waals surface area contributed by atoms with Gasteiger partial charge in [-0.1, -0.05) is 30.3 Å². The Morgan fingerprint density at radius 1 is 1.27 bits per heavy atom. The SMILES string of the molecule is CCCc1cc(C(=O)N2C[C@@H]3OCC(=O)N(c4ccccc4)[C@H]3C2)no1. The molecule has 0 radical (unpaired) electrons. The minimum absolute atomic E-state index is 0.0305. The summed E-state index contributed by atoms with van der Waals surface area (Å²) in [6.07, 6.45) is 1.49. The molecule has 0 unspecified atom stereocenters. The van der Waals surface area contributed by atoms with Crippen molar-refractivity contribution in [1.29, 1.82) is 0 Å². The molecule has 3 heterocycles. The fourth-order valence-electron chi connectivity index (χ4n) is 3.63. The summed E-state index contributed by atoms with van der Waals surface area (Å²) in [5, 5.41) is 3.90. The van der Waals surface area contributed by atoms with E-state index < -0.39 is 0 Å². The second-order valence-electron chi connectivity index (χ2n) is 6.65. The molecule has 2 amide bonds. The number of hydrogen-bond acceptors (Lipinski definition) is 5. The summed E-state index contributed by atoms with van der Waals surface area (Å²) in [5.41, 5.74) is 1.14. The van der Waals surface area contributed by atoms with Gasteiger partial charge in [-0.15, -0.1) is 0 Å². The summed E-state index contributed by atoms with van der Waals surface area (Å²) < 4.78 is 10.9. The van der Waals surface area contributed by atoms with Gasteiger partial charge in [0.15, 0.2) is 5.69 Å². The van der Waals surface area contributed by atoms with Gasteiger partial charge in [0, 0.05) is 31.3 Å². The number of carbonyl (C=O) groups excluding carboxylic acids is 2. The summed E-state index contributed by atoms with van der Waals surface area (Å²) >= 11 is 0. The van der Waals surface area contributed by atoms with Crippen LogP contribution in [0.4, 0.5) is 5.69 Å². The summed E-state index contributed by atoms with van der Waals surface area (Å²) in [6.45, 7) is 2.93. The van der Waals surface area contributed by atoms with Crippen LogP contribution in [0.15, 0.2) is 40.9 Å². The number of morpholine rings is 1. The fourth-order valence-corrected chi connectivity index (χ4v) is 3.63. The Labute approximate surface area is 151 Å². The number of ether oxygens (including phenoxy) is 1. The highest BCUT2D eigenvalue weighted by atomic mass is 16.5.